The van der Waals surface area contributed by atoms with E-state index in [2.05, 4.69) is 10.3 Å². The Bertz CT molecular complexity index is 955. The van der Waals surface area contributed by atoms with Gasteiger partial charge in [-0.25, -0.2) is 14.2 Å². The van der Waals surface area contributed by atoms with Crippen LogP contribution in [0.3, 0.4) is 0 Å². The summed E-state index contributed by atoms with van der Waals surface area (Å²) in [4.78, 5) is 28.6. The average Bonchev–Trinajstić information content (AvgIpc) is 3.11. The molecule has 0 aliphatic carbocycles. The minimum Gasteiger partial charge on any atom is -0.449 e. The van der Waals surface area contributed by atoms with Crippen molar-refractivity contribution in [2.75, 3.05) is 11.1 Å². The van der Waals surface area contributed by atoms with Crippen molar-refractivity contribution in [3.8, 4) is 11.3 Å². The molecule has 3 N–H and O–H groups in total. The molecule has 2 aromatic carbocycles. The van der Waals surface area contributed by atoms with E-state index in [0.29, 0.717) is 22.1 Å². The molecule has 0 saturated heterocycles. The third kappa shape index (κ3) is 4.68. The molecular formula is C19H16FN3O3S. The Labute approximate surface area is 158 Å². The van der Waals surface area contributed by atoms with Crippen LogP contribution in [0.25, 0.3) is 11.3 Å². The lowest BCUT2D eigenvalue weighted by Crippen LogP contribution is -2.29. The molecule has 0 radical (unpaired) electrons. The number of halogens is 1. The number of ether oxygens (including phenoxy) is 1. The van der Waals surface area contributed by atoms with E-state index in [-0.39, 0.29) is 5.82 Å². The SMILES string of the molecule is CC(OC(=O)c1ccc(N)cc1)C(=O)Nc1nc(-c2ccc(F)cc2)cs1. The van der Waals surface area contributed by atoms with Crippen molar-refractivity contribution in [1.82, 2.24) is 4.98 Å². The van der Waals surface area contributed by atoms with E-state index in [4.69, 9.17) is 10.5 Å². The molecule has 0 saturated carbocycles. The predicted molar refractivity (Wildman–Crippen MR) is 102 cm³/mol. The van der Waals surface area contributed by atoms with Crippen molar-refractivity contribution >= 4 is 34.0 Å². The van der Waals surface area contributed by atoms with Crippen LogP contribution in [0.4, 0.5) is 15.2 Å². The number of nitrogen functional groups attached to an aromatic ring is 1. The maximum atomic E-state index is 13.0. The van der Waals surface area contributed by atoms with Gasteiger partial charge in [0.05, 0.1) is 11.3 Å². The van der Waals surface area contributed by atoms with Gasteiger partial charge in [0.15, 0.2) is 11.2 Å². The number of thiazole rings is 1. The summed E-state index contributed by atoms with van der Waals surface area (Å²) >= 11 is 1.22. The van der Waals surface area contributed by atoms with E-state index in [9.17, 15) is 14.0 Å². The van der Waals surface area contributed by atoms with Crippen LogP contribution in [0.15, 0.2) is 53.9 Å². The maximum Gasteiger partial charge on any atom is 0.338 e. The molecule has 3 aromatic rings. The number of aromatic nitrogens is 1. The first kappa shape index (κ1) is 18.5. The number of anilines is 2. The van der Waals surface area contributed by atoms with Gasteiger partial charge in [0.1, 0.15) is 5.82 Å². The fraction of sp³-hybridized carbons (Fsp3) is 0.105. The number of nitrogens with zero attached hydrogens (tertiary/aromatic N) is 1. The highest BCUT2D eigenvalue weighted by atomic mass is 32.1. The van der Waals surface area contributed by atoms with Crippen molar-refractivity contribution in [1.29, 1.82) is 0 Å². The Balaban J connectivity index is 1.60. The number of esters is 1. The minimum absolute atomic E-state index is 0.302. The molecule has 3 rings (SSSR count). The summed E-state index contributed by atoms with van der Waals surface area (Å²) in [5.41, 5.74) is 7.75. The second-order valence-corrected chi connectivity index (χ2v) is 6.56. The van der Waals surface area contributed by atoms with E-state index in [1.807, 2.05) is 0 Å². The zero-order valence-electron chi connectivity index (χ0n) is 14.3. The third-order valence-corrected chi connectivity index (χ3v) is 4.43. The van der Waals surface area contributed by atoms with Gasteiger partial charge >= 0.3 is 5.97 Å². The largest absolute Gasteiger partial charge is 0.449 e. The lowest BCUT2D eigenvalue weighted by atomic mass is 10.2. The molecule has 1 atom stereocenters. The Morgan fingerprint density at radius 3 is 2.48 bits per heavy atom. The van der Waals surface area contributed by atoms with Crippen molar-refractivity contribution in [2.45, 2.75) is 13.0 Å². The number of benzene rings is 2. The molecule has 8 heteroatoms. The first-order chi connectivity index (χ1) is 12.9. The number of carbonyl (C=O) groups is 2. The van der Waals surface area contributed by atoms with E-state index in [1.54, 1.807) is 29.6 Å². The molecule has 1 unspecified atom stereocenters. The fourth-order valence-corrected chi connectivity index (χ4v) is 2.92. The number of rotatable bonds is 5. The van der Waals surface area contributed by atoms with Crippen LogP contribution in [0.1, 0.15) is 17.3 Å². The maximum absolute atomic E-state index is 13.0. The van der Waals surface area contributed by atoms with E-state index in [0.717, 1.165) is 5.56 Å². The lowest BCUT2D eigenvalue weighted by Gasteiger charge is -2.12. The third-order valence-electron chi connectivity index (χ3n) is 3.67. The van der Waals surface area contributed by atoms with Crippen molar-refractivity contribution < 1.29 is 18.7 Å². The number of hydrogen-bond donors (Lipinski definition) is 2. The van der Waals surface area contributed by atoms with Crippen LogP contribution in [0.5, 0.6) is 0 Å². The van der Waals surface area contributed by atoms with E-state index < -0.39 is 18.0 Å². The van der Waals surface area contributed by atoms with Gasteiger partial charge in [-0.2, -0.15) is 0 Å². The van der Waals surface area contributed by atoms with Gasteiger partial charge < -0.3 is 10.5 Å². The monoisotopic (exact) mass is 385 g/mol. The standard InChI is InChI=1S/C19H16FN3O3S/c1-11(26-18(25)13-4-8-15(21)9-5-13)17(24)23-19-22-16(10-27-19)12-2-6-14(20)7-3-12/h2-11H,21H2,1H3,(H,22,23,24). The number of nitrogens with one attached hydrogen (secondary N) is 1. The summed E-state index contributed by atoms with van der Waals surface area (Å²) in [6.45, 7) is 1.47. The predicted octanol–water partition coefficient (Wildman–Crippen LogP) is 3.72. The highest BCUT2D eigenvalue weighted by Crippen LogP contribution is 2.25. The van der Waals surface area contributed by atoms with Gasteiger partial charge in [0, 0.05) is 16.6 Å². The van der Waals surface area contributed by atoms with Crippen LogP contribution in [-0.2, 0) is 9.53 Å². The van der Waals surface area contributed by atoms with Gasteiger partial charge in [-0.3, -0.25) is 10.1 Å². The number of amides is 1. The topological polar surface area (TPSA) is 94.3 Å². The Kier molecular flexibility index (Phi) is 5.46. The van der Waals surface area contributed by atoms with Crippen LogP contribution in [0, 0.1) is 5.82 Å². The van der Waals surface area contributed by atoms with Gasteiger partial charge in [0.25, 0.3) is 5.91 Å². The molecule has 0 aliphatic heterocycles. The second-order valence-electron chi connectivity index (χ2n) is 5.70. The van der Waals surface area contributed by atoms with Gasteiger partial charge in [-0.1, -0.05) is 0 Å². The fourth-order valence-electron chi connectivity index (χ4n) is 2.19. The highest BCUT2D eigenvalue weighted by molar-refractivity contribution is 7.14. The van der Waals surface area contributed by atoms with Crippen LogP contribution < -0.4 is 11.1 Å². The van der Waals surface area contributed by atoms with Gasteiger partial charge in [0.2, 0.25) is 0 Å². The zero-order valence-corrected chi connectivity index (χ0v) is 15.1. The molecule has 1 aromatic heterocycles. The Morgan fingerprint density at radius 2 is 1.81 bits per heavy atom. The lowest BCUT2D eigenvalue weighted by molar-refractivity contribution is -0.123. The van der Waals surface area contributed by atoms with Crippen molar-refractivity contribution in [3.05, 3.63) is 65.3 Å². The summed E-state index contributed by atoms with van der Waals surface area (Å²) in [7, 11) is 0. The summed E-state index contributed by atoms with van der Waals surface area (Å²) in [6.07, 6.45) is -1.01. The molecular weight excluding hydrogens is 369 g/mol. The van der Waals surface area contributed by atoms with Crippen molar-refractivity contribution in [3.63, 3.8) is 0 Å². The second kappa shape index (κ2) is 7.96. The normalized spacial score (nSPS) is 11.6. The van der Waals surface area contributed by atoms with Crippen LogP contribution in [0.2, 0.25) is 0 Å². The van der Waals surface area contributed by atoms with E-state index >= 15 is 0 Å². The summed E-state index contributed by atoms with van der Waals surface area (Å²) in [5, 5.41) is 4.71. The number of nitrogens with two attached hydrogens (primary N) is 1. The molecule has 1 amide bonds. The van der Waals surface area contributed by atoms with Crippen LogP contribution in [-0.4, -0.2) is 23.0 Å². The average molecular weight is 385 g/mol. The summed E-state index contributed by atoms with van der Waals surface area (Å²) in [5.74, 6) is -1.46. The molecule has 6 nitrogen and oxygen atoms in total. The first-order valence-corrected chi connectivity index (χ1v) is 8.89. The summed E-state index contributed by atoms with van der Waals surface area (Å²) in [6, 6.07) is 12.1. The molecule has 1 heterocycles. The van der Waals surface area contributed by atoms with Gasteiger partial charge in [-0.15, -0.1) is 11.3 Å². The first-order valence-electron chi connectivity index (χ1n) is 8.01. The molecule has 138 valence electrons. The Morgan fingerprint density at radius 1 is 1.15 bits per heavy atom. The van der Waals surface area contributed by atoms with Crippen molar-refractivity contribution in [2.24, 2.45) is 0 Å². The zero-order chi connectivity index (χ0) is 19.4. The Hall–Kier alpha value is -3.26. The van der Waals surface area contributed by atoms with Gasteiger partial charge in [-0.05, 0) is 55.5 Å². The molecule has 0 spiro atoms. The van der Waals surface area contributed by atoms with E-state index in [1.165, 1.54) is 42.5 Å². The number of carbonyl (C=O) groups excluding carboxylic acids is 2. The molecule has 0 aliphatic rings. The minimum atomic E-state index is -1.01. The van der Waals surface area contributed by atoms with Crippen LogP contribution >= 0.6 is 11.3 Å². The number of hydrogen-bond acceptors (Lipinski definition) is 6. The highest BCUT2D eigenvalue weighted by Gasteiger charge is 2.20. The molecule has 27 heavy (non-hydrogen) atoms. The summed E-state index contributed by atoms with van der Waals surface area (Å²) < 4.78 is 18.2. The smallest absolute Gasteiger partial charge is 0.338 e. The molecule has 0 fully saturated rings. The molecule has 0 bridgehead atoms. The quantitative estimate of drug-likeness (QED) is 0.516.